The van der Waals surface area contributed by atoms with E-state index in [9.17, 15) is 0 Å². The van der Waals surface area contributed by atoms with Crippen molar-refractivity contribution in [2.75, 3.05) is 6.54 Å². The minimum Gasteiger partial charge on any atom is -0.311 e. The van der Waals surface area contributed by atoms with E-state index in [1.165, 1.54) is 4.88 Å². The fourth-order valence-electron chi connectivity index (χ4n) is 1.45. The molecule has 0 bridgehead atoms. The molecule has 10 heavy (non-hydrogen) atoms. The Kier molecular flexibility index (Phi) is 1.51. The maximum atomic E-state index is 3.39. The van der Waals surface area contributed by atoms with Crippen LogP contribution in [0.5, 0.6) is 0 Å². The maximum absolute atomic E-state index is 3.39. The van der Waals surface area contributed by atoms with Gasteiger partial charge < -0.3 is 5.32 Å². The van der Waals surface area contributed by atoms with Crippen LogP contribution in [0.1, 0.15) is 23.3 Å². The fraction of sp³-hybridized carbons (Fsp3) is 0.500. The van der Waals surface area contributed by atoms with Gasteiger partial charge in [-0.05, 0) is 22.9 Å². The smallest absolute Gasteiger partial charge is 0.0302 e. The Hall–Kier alpha value is -0.340. The first-order valence-electron chi connectivity index (χ1n) is 3.65. The van der Waals surface area contributed by atoms with Gasteiger partial charge in [-0.2, -0.15) is 0 Å². The third-order valence-electron chi connectivity index (χ3n) is 2.05. The number of hydrogen-bond acceptors (Lipinski definition) is 2. The van der Waals surface area contributed by atoms with E-state index in [4.69, 9.17) is 0 Å². The normalized spacial score (nSPS) is 24.3. The van der Waals surface area contributed by atoms with Crippen LogP contribution in [0.3, 0.4) is 0 Å². The molecule has 0 saturated carbocycles. The van der Waals surface area contributed by atoms with Gasteiger partial charge in [0, 0.05) is 18.0 Å². The molecular formula is C8H11NS. The molecule has 1 nitrogen and oxygen atoms in total. The zero-order valence-corrected chi connectivity index (χ0v) is 6.87. The Morgan fingerprint density at radius 3 is 3.40 bits per heavy atom. The van der Waals surface area contributed by atoms with Crippen molar-refractivity contribution in [3.05, 3.63) is 21.9 Å². The molecule has 2 rings (SSSR count). The minimum atomic E-state index is 0.718. The van der Waals surface area contributed by atoms with Gasteiger partial charge in [0.2, 0.25) is 0 Å². The summed E-state index contributed by atoms with van der Waals surface area (Å²) >= 11 is 1.87. The van der Waals surface area contributed by atoms with Crippen LogP contribution in [-0.4, -0.2) is 6.54 Å². The number of thiophene rings is 1. The van der Waals surface area contributed by atoms with Crippen molar-refractivity contribution in [1.29, 1.82) is 0 Å². The summed E-state index contributed by atoms with van der Waals surface area (Å²) in [5, 5.41) is 5.58. The molecule has 1 aliphatic rings. The first-order chi connectivity index (χ1) is 4.88. The van der Waals surface area contributed by atoms with Crippen LogP contribution in [0.15, 0.2) is 11.4 Å². The number of rotatable bonds is 0. The van der Waals surface area contributed by atoms with Gasteiger partial charge in [0.15, 0.2) is 0 Å². The Morgan fingerprint density at radius 2 is 2.60 bits per heavy atom. The topological polar surface area (TPSA) is 12.0 Å². The summed E-state index contributed by atoms with van der Waals surface area (Å²) in [6, 6.07) is 2.26. The Labute approximate surface area is 65.1 Å². The van der Waals surface area contributed by atoms with E-state index in [0.29, 0.717) is 0 Å². The van der Waals surface area contributed by atoms with Gasteiger partial charge >= 0.3 is 0 Å². The molecule has 1 aromatic heterocycles. The van der Waals surface area contributed by atoms with Crippen LogP contribution >= 0.6 is 11.3 Å². The molecule has 0 amide bonds. The van der Waals surface area contributed by atoms with E-state index >= 15 is 0 Å². The zero-order chi connectivity index (χ0) is 6.97. The number of fused-ring (bicyclic) bond motifs is 1. The lowest BCUT2D eigenvalue weighted by molar-refractivity contribution is 0.579. The van der Waals surface area contributed by atoms with Crippen molar-refractivity contribution < 1.29 is 0 Å². The van der Waals surface area contributed by atoms with Crippen molar-refractivity contribution in [3.8, 4) is 0 Å². The van der Waals surface area contributed by atoms with Gasteiger partial charge in [-0.1, -0.05) is 6.92 Å². The summed E-state index contributed by atoms with van der Waals surface area (Å²) in [4.78, 5) is 1.53. The lowest BCUT2D eigenvalue weighted by Gasteiger charge is -2.19. The minimum absolute atomic E-state index is 0.718. The van der Waals surface area contributed by atoms with Crippen molar-refractivity contribution in [3.63, 3.8) is 0 Å². The van der Waals surface area contributed by atoms with E-state index in [0.717, 1.165) is 19.0 Å². The van der Waals surface area contributed by atoms with Gasteiger partial charge in [-0.15, -0.1) is 11.3 Å². The molecule has 54 valence electrons. The van der Waals surface area contributed by atoms with Crippen LogP contribution in [0.25, 0.3) is 0 Å². The van der Waals surface area contributed by atoms with Crippen LogP contribution in [-0.2, 0) is 6.54 Å². The Morgan fingerprint density at radius 1 is 1.70 bits per heavy atom. The summed E-state index contributed by atoms with van der Waals surface area (Å²) in [5.74, 6) is 0.718. The first-order valence-corrected chi connectivity index (χ1v) is 4.53. The molecule has 2 heteroatoms. The maximum Gasteiger partial charge on any atom is 0.0302 e. The molecule has 0 aliphatic carbocycles. The second-order valence-corrected chi connectivity index (χ2v) is 3.83. The Bertz CT molecular complexity index is 229. The number of nitrogens with one attached hydrogen (secondary N) is 1. The molecule has 0 radical (unpaired) electrons. The second kappa shape index (κ2) is 2.36. The average Bonchev–Trinajstić information content (AvgIpc) is 2.36. The van der Waals surface area contributed by atoms with Gasteiger partial charge in [0.05, 0.1) is 0 Å². The lowest BCUT2D eigenvalue weighted by atomic mass is 9.99. The molecule has 1 atom stereocenters. The first kappa shape index (κ1) is 6.38. The SMILES string of the molecule is CC1CNCc2sccc21. The lowest BCUT2D eigenvalue weighted by Crippen LogP contribution is -2.24. The molecule has 1 N–H and O–H groups in total. The van der Waals surface area contributed by atoms with E-state index in [2.05, 4.69) is 23.7 Å². The van der Waals surface area contributed by atoms with Gasteiger partial charge in [0.25, 0.3) is 0 Å². The monoisotopic (exact) mass is 153 g/mol. The average molecular weight is 153 g/mol. The molecule has 0 spiro atoms. The third kappa shape index (κ3) is 0.879. The summed E-state index contributed by atoms with van der Waals surface area (Å²) in [6.07, 6.45) is 0. The highest BCUT2D eigenvalue weighted by molar-refractivity contribution is 7.10. The van der Waals surface area contributed by atoms with Gasteiger partial charge in [0.1, 0.15) is 0 Å². The van der Waals surface area contributed by atoms with E-state index in [1.54, 1.807) is 5.56 Å². The Balaban J connectivity index is 2.41. The molecule has 2 heterocycles. The third-order valence-corrected chi connectivity index (χ3v) is 2.98. The van der Waals surface area contributed by atoms with Crippen LogP contribution < -0.4 is 5.32 Å². The number of hydrogen-bond donors (Lipinski definition) is 1. The van der Waals surface area contributed by atoms with Gasteiger partial charge in [-0.3, -0.25) is 0 Å². The van der Waals surface area contributed by atoms with Crippen molar-refractivity contribution in [1.82, 2.24) is 5.32 Å². The molecule has 0 fully saturated rings. The predicted octanol–water partition coefficient (Wildman–Crippen LogP) is 1.95. The summed E-state index contributed by atoms with van der Waals surface area (Å²) in [5.41, 5.74) is 1.56. The van der Waals surface area contributed by atoms with Gasteiger partial charge in [-0.25, -0.2) is 0 Å². The second-order valence-electron chi connectivity index (χ2n) is 2.83. The van der Waals surface area contributed by atoms with Crippen molar-refractivity contribution in [2.24, 2.45) is 0 Å². The largest absolute Gasteiger partial charge is 0.311 e. The van der Waals surface area contributed by atoms with E-state index < -0.39 is 0 Å². The summed E-state index contributed by atoms with van der Waals surface area (Å²) in [7, 11) is 0. The quantitative estimate of drug-likeness (QED) is 0.600. The zero-order valence-electron chi connectivity index (χ0n) is 6.05. The molecule has 0 saturated heterocycles. The van der Waals surface area contributed by atoms with Crippen LogP contribution in [0.2, 0.25) is 0 Å². The standard InChI is InChI=1S/C8H11NS/c1-6-4-9-5-8-7(6)2-3-10-8/h2-3,6,9H,4-5H2,1H3. The molecular weight excluding hydrogens is 142 g/mol. The van der Waals surface area contributed by atoms with Crippen LogP contribution in [0, 0.1) is 0 Å². The van der Waals surface area contributed by atoms with Crippen LogP contribution in [0.4, 0.5) is 0 Å². The highest BCUT2D eigenvalue weighted by Gasteiger charge is 2.15. The highest BCUT2D eigenvalue weighted by Crippen LogP contribution is 2.27. The van der Waals surface area contributed by atoms with E-state index in [1.807, 2.05) is 11.3 Å². The highest BCUT2D eigenvalue weighted by atomic mass is 32.1. The van der Waals surface area contributed by atoms with Crippen molar-refractivity contribution in [2.45, 2.75) is 19.4 Å². The molecule has 1 aliphatic heterocycles. The molecule has 0 aromatic carbocycles. The predicted molar refractivity (Wildman–Crippen MR) is 44.4 cm³/mol. The summed E-state index contributed by atoms with van der Waals surface area (Å²) in [6.45, 7) is 4.50. The fourth-order valence-corrected chi connectivity index (χ4v) is 2.42. The van der Waals surface area contributed by atoms with Crippen molar-refractivity contribution >= 4 is 11.3 Å². The molecule has 1 unspecified atom stereocenters. The summed E-state index contributed by atoms with van der Waals surface area (Å²) < 4.78 is 0. The van der Waals surface area contributed by atoms with E-state index in [-0.39, 0.29) is 0 Å². The molecule has 1 aromatic rings.